The van der Waals surface area contributed by atoms with Crippen LogP contribution in [0.2, 0.25) is 0 Å². The molecule has 0 aromatic heterocycles. The highest BCUT2D eigenvalue weighted by Crippen LogP contribution is 2.28. The summed E-state index contributed by atoms with van der Waals surface area (Å²) in [6.07, 6.45) is 2.62. The Hall–Kier alpha value is -0.330. The lowest BCUT2D eigenvalue weighted by molar-refractivity contribution is 0.285. The van der Waals surface area contributed by atoms with Gasteiger partial charge in [0.1, 0.15) is 0 Å². The van der Waals surface area contributed by atoms with Crippen LogP contribution in [0.5, 0.6) is 0 Å². The van der Waals surface area contributed by atoms with E-state index in [0.29, 0.717) is 6.04 Å². The minimum Gasteiger partial charge on any atom is -0.297 e. The van der Waals surface area contributed by atoms with Gasteiger partial charge >= 0.3 is 0 Å². The molecule has 0 N–H and O–H groups in total. The minimum atomic E-state index is 0.597. The van der Waals surface area contributed by atoms with Gasteiger partial charge in [-0.25, -0.2) is 0 Å². The smallest absolute Gasteiger partial charge is 0.0518 e. The van der Waals surface area contributed by atoms with E-state index >= 15 is 0 Å². The molecule has 0 aromatic carbocycles. The van der Waals surface area contributed by atoms with Gasteiger partial charge in [-0.2, -0.15) is 0 Å². The Balaban J connectivity index is 2.28. The van der Waals surface area contributed by atoms with Crippen molar-refractivity contribution in [2.45, 2.75) is 25.8 Å². The Kier molecular flexibility index (Phi) is 1.13. The molecule has 1 saturated carbocycles. The zero-order valence-corrected chi connectivity index (χ0v) is 4.72. The molecule has 1 fully saturated rings. The van der Waals surface area contributed by atoms with Crippen LogP contribution in [0, 0.1) is 5.92 Å². The van der Waals surface area contributed by atoms with Crippen LogP contribution in [0.1, 0.15) is 19.8 Å². The molecule has 1 rings (SSSR count). The van der Waals surface area contributed by atoms with Crippen LogP contribution < -0.4 is 0 Å². The van der Waals surface area contributed by atoms with E-state index in [1.807, 2.05) is 0 Å². The van der Waals surface area contributed by atoms with Gasteiger partial charge in [0.05, 0.1) is 6.04 Å². The maximum absolute atomic E-state index is 3.92. The standard InChI is InChI=1S/C6H11N/c1-5-3-4-6(5)7-2/h5-6H,2-4H2,1H3. The number of rotatable bonds is 1. The summed E-state index contributed by atoms with van der Waals surface area (Å²) in [6, 6.07) is 0.597. The van der Waals surface area contributed by atoms with Crippen molar-refractivity contribution in [1.82, 2.24) is 0 Å². The lowest BCUT2D eigenvalue weighted by Crippen LogP contribution is -2.26. The molecule has 40 valence electrons. The van der Waals surface area contributed by atoms with Gasteiger partial charge in [-0.3, -0.25) is 4.99 Å². The van der Waals surface area contributed by atoms with Gasteiger partial charge in [-0.15, -0.1) is 0 Å². The third kappa shape index (κ3) is 0.671. The van der Waals surface area contributed by atoms with E-state index < -0.39 is 0 Å². The summed E-state index contributed by atoms with van der Waals surface area (Å²) in [5.41, 5.74) is 0. The van der Waals surface area contributed by atoms with Gasteiger partial charge in [0.2, 0.25) is 0 Å². The van der Waals surface area contributed by atoms with Gasteiger partial charge in [-0.1, -0.05) is 6.92 Å². The fraction of sp³-hybridized carbons (Fsp3) is 0.833. The van der Waals surface area contributed by atoms with Crippen molar-refractivity contribution in [2.75, 3.05) is 0 Å². The van der Waals surface area contributed by atoms with E-state index in [1.54, 1.807) is 0 Å². The van der Waals surface area contributed by atoms with Crippen LogP contribution in [0.25, 0.3) is 0 Å². The molecule has 1 aliphatic rings. The Morgan fingerprint density at radius 3 is 2.29 bits per heavy atom. The summed E-state index contributed by atoms with van der Waals surface area (Å²) in [7, 11) is 0. The average molecular weight is 97.2 g/mol. The Morgan fingerprint density at radius 1 is 1.57 bits per heavy atom. The maximum atomic E-state index is 3.92. The first kappa shape index (κ1) is 4.82. The van der Waals surface area contributed by atoms with Crippen LogP contribution >= 0.6 is 0 Å². The predicted octanol–water partition coefficient (Wildman–Crippen LogP) is 1.49. The quantitative estimate of drug-likeness (QED) is 0.439. The van der Waals surface area contributed by atoms with Gasteiger partial charge in [0, 0.05) is 0 Å². The molecule has 7 heavy (non-hydrogen) atoms. The van der Waals surface area contributed by atoms with E-state index in [1.165, 1.54) is 12.8 Å². The third-order valence-corrected chi connectivity index (χ3v) is 1.81. The first-order valence-electron chi connectivity index (χ1n) is 2.80. The van der Waals surface area contributed by atoms with Crippen LogP contribution in [0.15, 0.2) is 4.99 Å². The summed E-state index contributed by atoms with van der Waals surface area (Å²) >= 11 is 0. The molecular weight excluding hydrogens is 86.1 g/mol. The van der Waals surface area contributed by atoms with Gasteiger partial charge in [0.25, 0.3) is 0 Å². The molecule has 0 amide bonds. The Bertz CT molecular complexity index is 78.2. The summed E-state index contributed by atoms with van der Waals surface area (Å²) in [5.74, 6) is 0.817. The lowest BCUT2D eigenvalue weighted by Gasteiger charge is -2.29. The molecule has 0 aliphatic heterocycles. The molecule has 2 unspecified atom stereocenters. The molecule has 1 aliphatic carbocycles. The molecule has 1 heteroatoms. The highest BCUT2D eigenvalue weighted by molar-refractivity contribution is 5.24. The van der Waals surface area contributed by atoms with Crippen molar-refractivity contribution in [1.29, 1.82) is 0 Å². The maximum Gasteiger partial charge on any atom is 0.0518 e. The fourth-order valence-corrected chi connectivity index (χ4v) is 0.920. The molecule has 0 heterocycles. The van der Waals surface area contributed by atoms with Crippen molar-refractivity contribution < 1.29 is 0 Å². The van der Waals surface area contributed by atoms with E-state index in [2.05, 4.69) is 18.6 Å². The zero-order valence-electron chi connectivity index (χ0n) is 4.72. The minimum absolute atomic E-state index is 0.597. The molecule has 0 aromatic rings. The predicted molar refractivity (Wildman–Crippen MR) is 31.7 cm³/mol. The van der Waals surface area contributed by atoms with Crippen molar-refractivity contribution in [3.8, 4) is 0 Å². The molecule has 0 spiro atoms. The van der Waals surface area contributed by atoms with Crippen LogP contribution in [-0.2, 0) is 0 Å². The normalized spacial score (nSPS) is 39.6. The second-order valence-electron chi connectivity index (χ2n) is 2.30. The van der Waals surface area contributed by atoms with Crippen molar-refractivity contribution in [3.05, 3.63) is 0 Å². The summed E-state index contributed by atoms with van der Waals surface area (Å²) in [6.45, 7) is 5.71. The second-order valence-corrected chi connectivity index (χ2v) is 2.30. The van der Waals surface area contributed by atoms with E-state index in [-0.39, 0.29) is 0 Å². The SMILES string of the molecule is C=NC1CCC1C. The molecule has 0 saturated heterocycles. The zero-order chi connectivity index (χ0) is 5.28. The first-order chi connectivity index (χ1) is 3.34. The molecule has 1 nitrogen and oxygen atoms in total. The fourth-order valence-electron chi connectivity index (χ4n) is 0.920. The number of nitrogens with zero attached hydrogens (tertiary/aromatic N) is 1. The van der Waals surface area contributed by atoms with E-state index in [4.69, 9.17) is 0 Å². The largest absolute Gasteiger partial charge is 0.297 e. The molecule has 2 atom stereocenters. The summed E-state index contributed by atoms with van der Waals surface area (Å²) in [4.78, 5) is 3.92. The number of aliphatic imine (C=N–C) groups is 1. The van der Waals surface area contributed by atoms with Gasteiger partial charge < -0.3 is 0 Å². The van der Waals surface area contributed by atoms with Crippen molar-refractivity contribution in [2.24, 2.45) is 10.9 Å². The summed E-state index contributed by atoms with van der Waals surface area (Å²) < 4.78 is 0. The van der Waals surface area contributed by atoms with Crippen LogP contribution in [-0.4, -0.2) is 12.8 Å². The average Bonchev–Trinajstić information content (AvgIpc) is 1.65. The van der Waals surface area contributed by atoms with Crippen molar-refractivity contribution >= 4 is 6.72 Å². The highest BCUT2D eigenvalue weighted by Gasteiger charge is 2.24. The molecule has 0 bridgehead atoms. The Morgan fingerprint density at radius 2 is 2.29 bits per heavy atom. The van der Waals surface area contributed by atoms with E-state index in [9.17, 15) is 0 Å². The number of hydrogen-bond acceptors (Lipinski definition) is 1. The second kappa shape index (κ2) is 1.65. The Labute approximate surface area is 44.5 Å². The van der Waals surface area contributed by atoms with Crippen LogP contribution in [0.3, 0.4) is 0 Å². The highest BCUT2D eigenvalue weighted by atomic mass is 14.8. The monoisotopic (exact) mass is 97.1 g/mol. The van der Waals surface area contributed by atoms with Crippen LogP contribution in [0.4, 0.5) is 0 Å². The topological polar surface area (TPSA) is 12.4 Å². The first-order valence-corrected chi connectivity index (χ1v) is 2.80. The molecule has 0 radical (unpaired) electrons. The van der Waals surface area contributed by atoms with Gasteiger partial charge in [-0.05, 0) is 25.5 Å². The third-order valence-electron chi connectivity index (χ3n) is 1.81. The van der Waals surface area contributed by atoms with Gasteiger partial charge in [0.15, 0.2) is 0 Å². The molecular formula is C6H11N. The van der Waals surface area contributed by atoms with Crippen molar-refractivity contribution in [3.63, 3.8) is 0 Å². The summed E-state index contributed by atoms with van der Waals surface area (Å²) in [5, 5.41) is 0. The number of hydrogen-bond donors (Lipinski definition) is 0. The van der Waals surface area contributed by atoms with E-state index in [0.717, 1.165) is 5.92 Å². The lowest BCUT2D eigenvalue weighted by atomic mass is 9.82.